The summed E-state index contributed by atoms with van der Waals surface area (Å²) < 4.78 is 17.7. The number of fused-ring (bicyclic) bond motifs is 1. The van der Waals surface area contributed by atoms with Gasteiger partial charge < -0.3 is 4.42 Å². The highest BCUT2D eigenvalue weighted by Gasteiger charge is 2.02. The van der Waals surface area contributed by atoms with Crippen molar-refractivity contribution in [3.05, 3.63) is 35.8 Å². The SMILES string of the molecule is N#Cc1cc2cc(F)ccc2o1. The molecule has 1 aromatic heterocycles. The summed E-state index contributed by atoms with van der Waals surface area (Å²) in [4.78, 5) is 0. The van der Waals surface area contributed by atoms with Crippen LogP contribution in [0.3, 0.4) is 0 Å². The van der Waals surface area contributed by atoms with Gasteiger partial charge >= 0.3 is 0 Å². The number of nitriles is 1. The van der Waals surface area contributed by atoms with Gasteiger partial charge in [-0.1, -0.05) is 0 Å². The zero-order valence-corrected chi connectivity index (χ0v) is 6.04. The molecule has 0 atom stereocenters. The van der Waals surface area contributed by atoms with E-state index in [4.69, 9.17) is 9.68 Å². The van der Waals surface area contributed by atoms with E-state index >= 15 is 0 Å². The lowest BCUT2D eigenvalue weighted by Crippen LogP contribution is -1.68. The van der Waals surface area contributed by atoms with Gasteiger partial charge in [-0.05, 0) is 18.2 Å². The number of hydrogen-bond donors (Lipinski definition) is 0. The molecular weight excluding hydrogens is 157 g/mol. The summed E-state index contributed by atoms with van der Waals surface area (Å²) in [7, 11) is 0. The molecule has 1 heterocycles. The molecule has 0 N–H and O–H groups in total. The van der Waals surface area contributed by atoms with Gasteiger partial charge in [0.2, 0.25) is 5.76 Å². The highest BCUT2D eigenvalue weighted by Crippen LogP contribution is 2.19. The van der Waals surface area contributed by atoms with E-state index in [0.717, 1.165) is 0 Å². The first-order chi connectivity index (χ1) is 5.79. The van der Waals surface area contributed by atoms with E-state index in [1.165, 1.54) is 24.3 Å². The molecule has 58 valence electrons. The van der Waals surface area contributed by atoms with E-state index in [1.807, 2.05) is 6.07 Å². The fourth-order valence-corrected chi connectivity index (χ4v) is 1.07. The fourth-order valence-electron chi connectivity index (χ4n) is 1.07. The lowest BCUT2D eigenvalue weighted by molar-refractivity contribution is 0.596. The molecule has 1 aromatic carbocycles. The van der Waals surface area contributed by atoms with Crippen LogP contribution in [-0.4, -0.2) is 0 Å². The Labute approximate surface area is 67.8 Å². The van der Waals surface area contributed by atoms with Gasteiger partial charge in [0.05, 0.1) is 0 Å². The molecule has 2 aromatic rings. The number of hydrogen-bond acceptors (Lipinski definition) is 2. The van der Waals surface area contributed by atoms with Crippen molar-refractivity contribution >= 4 is 11.0 Å². The van der Waals surface area contributed by atoms with Gasteiger partial charge in [-0.3, -0.25) is 0 Å². The third-order valence-electron chi connectivity index (χ3n) is 1.59. The molecule has 0 aliphatic carbocycles. The Morgan fingerprint density at radius 3 is 2.92 bits per heavy atom. The summed E-state index contributed by atoms with van der Waals surface area (Å²) >= 11 is 0. The summed E-state index contributed by atoms with van der Waals surface area (Å²) in [6.45, 7) is 0. The first-order valence-electron chi connectivity index (χ1n) is 3.39. The van der Waals surface area contributed by atoms with Crippen molar-refractivity contribution in [3.63, 3.8) is 0 Å². The van der Waals surface area contributed by atoms with E-state index in [0.29, 0.717) is 11.0 Å². The molecule has 0 unspecified atom stereocenters. The summed E-state index contributed by atoms with van der Waals surface area (Å²) in [5, 5.41) is 9.09. The number of rotatable bonds is 0. The number of furan rings is 1. The predicted molar refractivity (Wildman–Crippen MR) is 40.9 cm³/mol. The zero-order valence-electron chi connectivity index (χ0n) is 6.04. The molecule has 0 spiro atoms. The largest absolute Gasteiger partial charge is 0.446 e. The second-order valence-electron chi connectivity index (χ2n) is 2.40. The summed E-state index contributed by atoms with van der Waals surface area (Å²) in [6, 6.07) is 7.50. The third-order valence-corrected chi connectivity index (χ3v) is 1.59. The fraction of sp³-hybridized carbons (Fsp3) is 0. The maximum atomic E-state index is 12.6. The zero-order chi connectivity index (χ0) is 8.55. The van der Waals surface area contributed by atoms with E-state index < -0.39 is 0 Å². The molecule has 0 bridgehead atoms. The Kier molecular flexibility index (Phi) is 1.34. The molecule has 0 radical (unpaired) electrons. The number of halogens is 1. The minimum absolute atomic E-state index is 0.204. The molecule has 0 aliphatic rings. The van der Waals surface area contributed by atoms with Gasteiger partial charge in [0.25, 0.3) is 0 Å². The van der Waals surface area contributed by atoms with Crippen LogP contribution in [0, 0.1) is 17.1 Å². The Morgan fingerprint density at radius 2 is 2.17 bits per heavy atom. The molecule has 2 nitrogen and oxygen atoms in total. The maximum Gasteiger partial charge on any atom is 0.204 e. The Balaban J connectivity index is 2.77. The van der Waals surface area contributed by atoms with Crippen LogP contribution in [0.1, 0.15) is 5.76 Å². The smallest absolute Gasteiger partial charge is 0.204 e. The molecule has 0 aliphatic heterocycles. The normalized spacial score (nSPS) is 10.0. The molecule has 12 heavy (non-hydrogen) atoms. The van der Waals surface area contributed by atoms with Gasteiger partial charge in [0.1, 0.15) is 17.5 Å². The van der Waals surface area contributed by atoms with Crippen LogP contribution in [0.2, 0.25) is 0 Å². The first-order valence-corrected chi connectivity index (χ1v) is 3.39. The first kappa shape index (κ1) is 6.86. The highest BCUT2D eigenvalue weighted by atomic mass is 19.1. The van der Waals surface area contributed by atoms with Crippen LogP contribution >= 0.6 is 0 Å². The van der Waals surface area contributed by atoms with Crippen LogP contribution in [0.25, 0.3) is 11.0 Å². The number of benzene rings is 1. The average molecular weight is 161 g/mol. The van der Waals surface area contributed by atoms with Crippen molar-refractivity contribution in [1.82, 2.24) is 0 Å². The highest BCUT2D eigenvalue weighted by molar-refractivity contribution is 5.78. The minimum atomic E-state index is -0.326. The second-order valence-corrected chi connectivity index (χ2v) is 2.40. The van der Waals surface area contributed by atoms with Crippen molar-refractivity contribution in [2.24, 2.45) is 0 Å². The monoisotopic (exact) mass is 161 g/mol. The molecule has 0 saturated heterocycles. The summed E-state index contributed by atoms with van der Waals surface area (Å²) in [5.74, 6) is -0.122. The van der Waals surface area contributed by atoms with E-state index in [-0.39, 0.29) is 11.6 Å². The topological polar surface area (TPSA) is 36.9 Å². The van der Waals surface area contributed by atoms with Crippen molar-refractivity contribution in [3.8, 4) is 6.07 Å². The molecule has 0 amide bonds. The number of nitrogens with zero attached hydrogens (tertiary/aromatic N) is 1. The van der Waals surface area contributed by atoms with Crippen LogP contribution in [0.4, 0.5) is 4.39 Å². The second kappa shape index (κ2) is 2.35. The third kappa shape index (κ3) is 0.940. The van der Waals surface area contributed by atoms with Crippen LogP contribution in [0.5, 0.6) is 0 Å². The van der Waals surface area contributed by atoms with Crippen molar-refractivity contribution in [1.29, 1.82) is 5.26 Å². The minimum Gasteiger partial charge on any atom is -0.446 e. The molecule has 0 saturated carbocycles. The Hall–Kier alpha value is -1.82. The Bertz CT molecular complexity index is 467. The quantitative estimate of drug-likeness (QED) is 0.595. The lowest BCUT2D eigenvalue weighted by atomic mass is 10.2. The van der Waals surface area contributed by atoms with Gasteiger partial charge in [-0.25, -0.2) is 4.39 Å². The molecule has 0 fully saturated rings. The lowest BCUT2D eigenvalue weighted by Gasteiger charge is -1.85. The van der Waals surface area contributed by atoms with Crippen LogP contribution in [-0.2, 0) is 0 Å². The summed E-state index contributed by atoms with van der Waals surface area (Å²) in [5.41, 5.74) is 0.535. The van der Waals surface area contributed by atoms with Gasteiger partial charge in [0, 0.05) is 11.5 Å². The van der Waals surface area contributed by atoms with Gasteiger partial charge in [-0.2, -0.15) is 5.26 Å². The van der Waals surface area contributed by atoms with Crippen molar-refractivity contribution in [2.75, 3.05) is 0 Å². The molecular formula is C9H4FNO. The van der Waals surface area contributed by atoms with Crippen LogP contribution in [0.15, 0.2) is 28.7 Å². The summed E-state index contributed by atoms with van der Waals surface area (Å²) in [6.07, 6.45) is 0. The standard InChI is InChI=1S/C9H4FNO/c10-7-1-2-9-6(3-7)4-8(5-11)12-9/h1-4H. The van der Waals surface area contributed by atoms with Gasteiger partial charge in [-0.15, -0.1) is 0 Å². The van der Waals surface area contributed by atoms with Crippen molar-refractivity contribution < 1.29 is 8.81 Å². The van der Waals surface area contributed by atoms with E-state index in [1.54, 1.807) is 0 Å². The van der Waals surface area contributed by atoms with E-state index in [9.17, 15) is 4.39 Å². The van der Waals surface area contributed by atoms with Crippen LogP contribution < -0.4 is 0 Å². The molecule has 3 heteroatoms. The average Bonchev–Trinajstić information content (AvgIpc) is 2.46. The predicted octanol–water partition coefficient (Wildman–Crippen LogP) is 2.44. The van der Waals surface area contributed by atoms with E-state index in [2.05, 4.69) is 0 Å². The maximum absolute atomic E-state index is 12.6. The van der Waals surface area contributed by atoms with Crippen molar-refractivity contribution in [2.45, 2.75) is 0 Å². The van der Waals surface area contributed by atoms with Gasteiger partial charge in [0.15, 0.2) is 0 Å². The molecule has 2 rings (SSSR count). The Morgan fingerprint density at radius 1 is 1.33 bits per heavy atom.